The zero-order valence-corrected chi connectivity index (χ0v) is 12.1. The van der Waals surface area contributed by atoms with Crippen LogP contribution in [0.1, 0.15) is 12.5 Å². The molecule has 19 heavy (non-hydrogen) atoms. The van der Waals surface area contributed by atoms with Crippen LogP contribution in [0.2, 0.25) is 10.0 Å². The molecule has 4 heteroatoms. The van der Waals surface area contributed by atoms with Crippen molar-refractivity contribution >= 4 is 28.9 Å². The number of halogens is 2. The van der Waals surface area contributed by atoms with E-state index in [9.17, 15) is 0 Å². The van der Waals surface area contributed by atoms with E-state index >= 15 is 0 Å². The highest BCUT2D eigenvalue weighted by atomic mass is 35.5. The summed E-state index contributed by atoms with van der Waals surface area (Å²) >= 11 is 12.0. The molecular formula is C15H15Cl2NO. The lowest BCUT2D eigenvalue weighted by Crippen LogP contribution is -2.03. The second kappa shape index (κ2) is 6.69. The van der Waals surface area contributed by atoms with E-state index in [0.717, 1.165) is 17.0 Å². The van der Waals surface area contributed by atoms with Gasteiger partial charge in [0.15, 0.2) is 0 Å². The van der Waals surface area contributed by atoms with Gasteiger partial charge in [-0.15, -0.1) is 0 Å². The Bertz CT molecular complexity index is 558. The summed E-state index contributed by atoms with van der Waals surface area (Å²) in [4.78, 5) is 0. The molecule has 0 heterocycles. The number of anilines is 1. The average Bonchev–Trinajstić information content (AvgIpc) is 2.40. The molecule has 0 aliphatic carbocycles. The van der Waals surface area contributed by atoms with Crippen LogP contribution in [0.15, 0.2) is 42.5 Å². The highest BCUT2D eigenvalue weighted by Crippen LogP contribution is 2.26. The van der Waals surface area contributed by atoms with Gasteiger partial charge in [-0.25, -0.2) is 0 Å². The lowest BCUT2D eigenvalue weighted by atomic mass is 10.2. The molecule has 0 atom stereocenters. The molecule has 2 aromatic rings. The second-order valence-corrected chi connectivity index (χ2v) is 4.86. The zero-order chi connectivity index (χ0) is 13.7. The lowest BCUT2D eigenvalue weighted by Gasteiger charge is -2.13. The number of nitrogens with one attached hydrogen (secondary N) is 1. The van der Waals surface area contributed by atoms with Gasteiger partial charge in [-0.2, -0.15) is 0 Å². The predicted molar refractivity (Wildman–Crippen MR) is 81.4 cm³/mol. The number of benzene rings is 2. The predicted octanol–water partition coefficient (Wildman–Crippen LogP) is 5.00. The summed E-state index contributed by atoms with van der Waals surface area (Å²) in [5.74, 6) is 0.843. The average molecular weight is 296 g/mol. The van der Waals surface area contributed by atoms with E-state index in [2.05, 4.69) is 5.32 Å². The highest BCUT2D eigenvalue weighted by molar-refractivity contribution is 6.35. The van der Waals surface area contributed by atoms with Crippen LogP contribution in [0, 0.1) is 0 Å². The number of hydrogen-bond donors (Lipinski definition) is 1. The minimum absolute atomic E-state index is 0.625. The van der Waals surface area contributed by atoms with E-state index < -0.39 is 0 Å². The van der Waals surface area contributed by atoms with Crippen LogP contribution >= 0.6 is 23.2 Å². The van der Waals surface area contributed by atoms with Crippen molar-refractivity contribution in [2.45, 2.75) is 13.5 Å². The van der Waals surface area contributed by atoms with Crippen molar-refractivity contribution in [3.05, 3.63) is 58.1 Å². The fourth-order valence-electron chi connectivity index (χ4n) is 1.75. The minimum atomic E-state index is 0.625. The molecular weight excluding hydrogens is 281 g/mol. The van der Waals surface area contributed by atoms with Crippen molar-refractivity contribution in [3.63, 3.8) is 0 Å². The first-order valence-corrected chi connectivity index (χ1v) is 6.86. The molecule has 0 aliphatic rings. The summed E-state index contributed by atoms with van der Waals surface area (Å²) < 4.78 is 5.56. The van der Waals surface area contributed by atoms with Crippen molar-refractivity contribution in [2.24, 2.45) is 0 Å². The maximum Gasteiger partial charge on any atom is 0.142 e. The first kappa shape index (κ1) is 14.0. The standard InChI is InChI=1S/C15H15Cl2NO/c1-2-19-15-6-4-3-5-14(15)18-10-11-7-8-12(16)9-13(11)17/h3-9,18H,2,10H2,1H3. The third kappa shape index (κ3) is 3.79. The topological polar surface area (TPSA) is 21.3 Å². The van der Waals surface area contributed by atoms with Crippen LogP contribution in [-0.2, 0) is 6.54 Å². The molecule has 0 aromatic heterocycles. The van der Waals surface area contributed by atoms with Crippen molar-refractivity contribution in [1.82, 2.24) is 0 Å². The summed E-state index contributed by atoms with van der Waals surface area (Å²) in [5, 5.41) is 4.63. The monoisotopic (exact) mass is 295 g/mol. The largest absolute Gasteiger partial charge is 0.492 e. The van der Waals surface area contributed by atoms with Crippen LogP contribution in [0.3, 0.4) is 0 Å². The maximum absolute atomic E-state index is 6.14. The summed E-state index contributed by atoms with van der Waals surface area (Å²) in [5.41, 5.74) is 1.95. The van der Waals surface area contributed by atoms with Crippen molar-refractivity contribution < 1.29 is 4.74 Å². The van der Waals surface area contributed by atoms with Crippen LogP contribution in [0.25, 0.3) is 0 Å². The Morgan fingerprint density at radius 3 is 2.63 bits per heavy atom. The fraction of sp³-hybridized carbons (Fsp3) is 0.200. The van der Waals surface area contributed by atoms with E-state index in [-0.39, 0.29) is 0 Å². The number of rotatable bonds is 5. The molecule has 0 unspecified atom stereocenters. The van der Waals surface area contributed by atoms with Gasteiger partial charge in [-0.05, 0) is 36.8 Å². The minimum Gasteiger partial charge on any atom is -0.492 e. The van der Waals surface area contributed by atoms with Gasteiger partial charge in [0.2, 0.25) is 0 Å². The molecule has 100 valence electrons. The van der Waals surface area contributed by atoms with Crippen molar-refractivity contribution in [1.29, 1.82) is 0 Å². The maximum atomic E-state index is 6.14. The quantitative estimate of drug-likeness (QED) is 0.838. The smallest absolute Gasteiger partial charge is 0.142 e. The Balaban J connectivity index is 2.10. The van der Waals surface area contributed by atoms with E-state index in [1.165, 1.54) is 0 Å². The van der Waals surface area contributed by atoms with Crippen LogP contribution in [0.4, 0.5) is 5.69 Å². The molecule has 0 spiro atoms. The van der Waals surface area contributed by atoms with Gasteiger partial charge in [-0.1, -0.05) is 41.4 Å². The van der Waals surface area contributed by atoms with Crippen LogP contribution in [0.5, 0.6) is 5.75 Å². The lowest BCUT2D eigenvalue weighted by molar-refractivity contribution is 0.341. The van der Waals surface area contributed by atoms with Gasteiger partial charge in [0.25, 0.3) is 0 Å². The van der Waals surface area contributed by atoms with E-state index in [4.69, 9.17) is 27.9 Å². The number of hydrogen-bond acceptors (Lipinski definition) is 2. The van der Waals surface area contributed by atoms with Gasteiger partial charge < -0.3 is 10.1 Å². The first-order chi connectivity index (χ1) is 9.20. The molecule has 0 amide bonds. The van der Waals surface area contributed by atoms with Crippen molar-refractivity contribution in [3.8, 4) is 5.75 Å². The Kier molecular flexibility index (Phi) is 4.94. The first-order valence-electron chi connectivity index (χ1n) is 6.10. The normalized spacial score (nSPS) is 10.3. The highest BCUT2D eigenvalue weighted by Gasteiger charge is 2.04. The molecule has 0 saturated carbocycles. The molecule has 0 aliphatic heterocycles. The Labute approximate surface area is 123 Å². The third-order valence-corrected chi connectivity index (χ3v) is 3.26. The van der Waals surface area contributed by atoms with Crippen LogP contribution < -0.4 is 10.1 Å². The number of ether oxygens (including phenoxy) is 1. The van der Waals surface area contributed by atoms with Gasteiger partial charge >= 0.3 is 0 Å². The summed E-state index contributed by atoms with van der Waals surface area (Å²) in [6.07, 6.45) is 0. The number of para-hydroxylation sites is 2. The molecule has 1 N–H and O–H groups in total. The van der Waals surface area contributed by atoms with E-state index in [1.807, 2.05) is 43.3 Å². The van der Waals surface area contributed by atoms with E-state index in [0.29, 0.717) is 23.2 Å². The summed E-state index contributed by atoms with van der Waals surface area (Å²) in [6, 6.07) is 13.3. The SMILES string of the molecule is CCOc1ccccc1NCc1ccc(Cl)cc1Cl. The molecule has 2 aromatic carbocycles. The Hall–Kier alpha value is -1.38. The molecule has 2 nitrogen and oxygen atoms in total. The third-order valence-electron chi connectivity index (χ3n) is 2.67. The molecule has 2 rings (SSSR count). The summed E-state index contributed by atoms with van der Waals surface area (Å²) in [6.45, 7) is 3.23. The van der Waals surface area contributed by atoms with Crippen LogP contribution in [-0.4, -0.2) is 6.61 Å². The summed E-state index contributed by atoms with van der Waals surface area (Å²) in [7, 11) is 0. The van der Waals surface area contributed by atoms with Gasteiger partial charge in [0.1, 0.15) is 5.75 Å². The Morgan fingerprint density at radius 2 is 1.89 bits per heavy atom. The van der Waals surface area contributed by atoms with Crippen molar-refractivity contribution in [2.75, 3.05) is 11.9 Å². The van der Waals surface area contributed by atoms with Gasteiger partial charge in [0, 0.05) is 16.6 Å². The van der Waals surface area contributed by atoms with E-state index in [1.54, 1.807) is 6.07 Å². The van der Waals surface area contributed by atoms with Gasteiger partial charge in [-0.3, -0.25) is 0 Å². The molecule has 0 saturated heterocycles. The molecule has 0 fully saturated rings. The Morgan fingerprint density at radius 1 is 1.11 bits per heavy atom. The van der Waals surface area contributed by atoms with Gasteiger partial charge in [0.05, 0.1) is 12.3 Å². The molecule has 0 bridgehead atoms. The second-order valence-electron chi connectivity index (χ2n) is 4.02. The molecule has 0 radical (unpaired) electrons. The zero-order valence-electron chi connectivity index (χ0n) is 10.6. The fourth-order valence-corrected chi connectivity index (χ4v) is 2.22.